The van der Waals surface area contributed by atoms with Crippen molar-refractivity contribution in [1.29, 1.82) is 0 Å². The molecule has 0 bridgehead atoms. The highest BCUT2D eigenvalue weighted by molar-refractivity contribution is 7.26. The number of para-hydroxylation sites is 2. The van der Waals surface area contributed by atoms with Gasteiger partial charge < -0.3 is 4.57 Å². The number of hydrogen-bond acceptors (Lipinski definition) is 5. The zero-order chi connectivity index (χ0) is 39.6. The van der Waals surface area contributed by atoms with Gasteiger partial charge in [-0.3, -0.25) is 0 Å². The van der Waals surface area contributed by atoms with Crippen molar-refractivity contribution in [1.82, 2.24) is 24.5 Å². The number of pyridine rings is 1. The summed E-state index contributed by atoms with van der Waals surface area (Å²) in [5.74, 6) is 1.83. The van der Waals surface area contributed by atoms with E-state index in [1.807, 2.05) is 18.2 Å². The molecule has 0 saturated carbocycles. The van der Waals surface area contributed by atoms with Crippen LogP contribution in [0.25, 0.3) is 115 Å². The van der Waals surface area contributed by atoms with Gasteiger partial charge in [0.2, 0.25) is 0 Å². The number of aromatic nitrogens is 5. The van der Waals surface area contributed by atoms with Gasteiger partial charge in [0, 0.05) is 59.6 Å². The molecule has 0 aliphatic rings. The van der Waals surface area contributed by atoms with Crippen LogP contribution in [0.3, 0.4) is 0 Å². The first kappa shape index (κ1) is 34.3. The van der Waals surface area contributed by atoms with Gasteiger partial charge in [-0.05, 0) is 53.6 Å². The molecule has 12 aromatic rings. The maximum Gasteiger partial charge on any atom is 0.164 e. The molecule has 0 spiro atoms. The summed E-state index contributed by atoms with van der Waals surface area (Å²) in [6.07, 6.45) is 0. The second-order valence-corrected chi connectivity index (χ2v) is 16.1. The van der Waals surface area contributed by atoms with Crippen LogP contribution >= 0.6 is 11.3 Å². The topological polar surface area (TPSA) is 56.5 Å². The Kier molecular flexibility index (Phi) is 7.96. The molecule has 8 aromatic carbocycles. The fourth-order valence-electron chi connectivity index (χ4n) is 8.72. The second kappa shape index (κ2) is 13.9. The third-order valence-electron chi connectivity index (χ3n) is 11.4. The Morgan fingerprint density at radius 2 is 0.900 bits per heavy atom. The molecule has 0 atom stereocenters. The summed E-state index contributed by atoms with van der Waals surface area (Å²) in [7, 11) is 0. The summed E-state index contributed by atoms with van der Waals surface area (Å²) in [6, 6.07) is 70.1. The smallest absolute Gasteiger partial charge is 0.164 e. The van der Waals surface area contributed by atoms with E-state index >= 15 is 0 Å². The van der Waals surface area contributed by atoms with Crippen molar-refractivity contribution in [3.8, 4) is 62.2 Å². The number of hydrogen-bond donors (Lipinski definition) is 0. The van der Waals surface area contributed by atoms with Gasteiger partial charge in [0.05, 0.1) is 26.9 Å². The highest BCUT2D eigenvalue weighted by Gasteiger charge is 2.20. The minimum atomic E-state index is 0.600. The zero-order valence-electron chi connectivity index (χ0n) is 32.2. The first-order chi connectivity index (χ1) is 29.7. The SMILES string of the molecule is c1ccc(-c2nc(-c3cccc(-c4nc5cccc(-c6ccccc6)c5c5c4sc4ccccc45)c3)nc(-c3cccc(-n4c5ccccc5c5ccccc54)c3)n2)cc1. The summed E-state index contributed by atoms with van der Waals surface area (Å²) in [5.41, 5.74) is 11.3. The molecular weight excluding hydrogens is 751 g/mol. The lowest BCUT2D eigenvalue weighted by Crippen LogP contribution is -2.01. The van der Waals surface area contributed by atoms with Crippen LogP contribution in [-0.4, -0.2) is 24.5 Å². The fourth-order valence-corrected chi connectivity index (χ4v) is 9.94. The Balaban J connectivity index is 1.04. The predicted molar refractivity (Wildman–Crippen MR) is 250 cm³/mol. The third kappa shape index (κ3) is 5.61. The van der Waals surface area contributed by atoms with Crippen LogP contribution in [-0.2, 0) is 0 Å². The maximum absolute atomic E-state index is 5.45. The molecule has 0 aliphatic heterocycles. The van der Waals surface area contributed by atoms with Crippen LogP contribution in [0.4, 0.5) is 0 Å². The molecule has 0 N–H and O–H groups in total. The van der Waals surface area contributed by atoms with Crippen LogP contribution in [0.2, 0.25) is 0 Å². The predicted octanol–water partition coefficient (Wildman–Crippen LogP) is 14.2. The third-order valence-corrected chi connectivity index (χ3v) is 12.6. The van der Waals surface area contributed by atoms with Crippen LogP contribution in [0.15, 0.2) is 200 Å². The molecule has 0 radical (unpaired) electrons. The number of nitrogens with zero attached hydrogens (tertiary/aromatic N) is 5. The van der Waals surface area contributed by atoms with E-state index in [-0.39, 0.29) is 0 Å². The fraction of sp³-hybridized carbons (Fsp3) is 0. The molecule has 280 valence electrons. The molecule has 60 heavy (non-hydrogen) atoms. The van der Waals surface area contributed by atoms with Gasteiger partial charge in [-0.1, -0.05) is 158 Å². The summed E-state index contributed by atoms with van der Waals surface area (Å²) in [4.78, 5) is 20.9. The molecule has 6 heteroatoms. The Morgan fingerprint density at radius 1 is 0.367 bits per heavy atom. The highest BCUT2D eigenvalue weighted by atomic mass is 32.1. The van der Waals surface area contributed by atoms with Gasteiger partial charge in [0.25, 0.3) is 0 Å². The van der Waals surface area contributed by atoms with Crippen LogP contribution in [0, 0.1) is 0 Å². The lowest BCUT2D eigenvalue weighted by atomic mass is 9.95. The van der Waals surface area contributed by atoms with Gasteiger partial charge in [0.1, 0.15) is 0 Å². The van der Waals surface area contributed by atoms with E-state index in [0.717, 1.165) is 54.9 Å². The average Bonchev–Trinajstić information content (AvgIpc) is 3.88. The van der Waals surface area contributed by atoms with Gasteiger partial charge >= 0.3 is 0 Å². The summed E-state index contributed by atoms with van der Waals surface area (Å²) < 4.78 is 4.72. The van der Waals surface area contributed by atoms with E-state index in [4.69, 9.17) is 19.9 Å². The van der Waals surface area contributed by atoms with Gasteiger partial charge in [-0.2, -0.15) is 0 Å². The largest absolute Gasteiger partial charge is 0.309 e. The molecule has 0 amide bonds. The quantitative estimate of drug-likeness (QED) is 0.169. The van der Waals surface area contributed by atoms with Crippen LogP contribution < -0.4 is 0 Å². The standard InChI is InChI=1S/C54H33N5S/c1-3-16-34(17-4-1)40-27-15-28-44-48(40)49-43-26-9-12-31-47(43)60-51(49)50(55-44)36-20-13-21-37(32-36)53-56-52(35-18-5-2-6-19-35)57-54(58-53)38-22-14-23-39(33-38)59-45-29-10-7-24-41(45)42-25-8-11-30-46(42)59/h1-33H. The monoisotopic (exact) mass is 783 g/mol. The van der Waals surface area contributed by atoms with E-state index in [1.54, 1.807) is 11.3 Å². The maximum atomic E-state index is 5.45. The molecule has 12 rings (SSSR count). The van der Waals surface area contributed by atoms with Crippen molar-refractivity contribution in [2.24, 2.45) is 0 Å². The Bertz CT molecular complexity index is 3560. The Labute approximate surface area is 349 Å². The molecule has 4 heterocycles. The lowest BCUT2D eigenvalue weighted by Gasteiger charge is -2.13. The molecule has 0 saturated heterocycles. The Morgan fingerprint density at radius 3 is 1.62 bits per heavy atom. The lowest BCUT2D eigenvalue weighted by molar-refractivity contribution is 1.07. The normalized spacial score (nSPS) is 11.7. The number of fused-ring (bicyclic) bond motifs is 8. The first-order valence-corrected chi connectivity index (χ1v) is 20.9. The number of benzene rings is 8. The molecule has 5 nitrogen and oxygen atoms in total. The molecule has 0 aliphatic carbocycles. The van der Waals surface area contributed by atoms with Crippen molar-refractivity contribution in [3.63, 3.8) is 0 Å². The van der Waals surface area contributed by atoms with Crippen molar-refractivity contribution in [2.75, 3.05) is 0 Å². The van der Waals surface area contributed by atoms with Gasteiger partial charge in [-0.15, -0.1) is 11.3 Å². The van der Waals surface area contributed by atoms with Crippen molar-refractivity contribution < 1.29 is 0 Å². The van der Waals surface area contributed by atoms with Crippen molar-refractivity contribution in [3.05, 3.63) is 200 Å². The molecular formula is C54H33N5S. The number of thiophene rings is 1. The van der Waals surface area contributed by atoms with Crippen molar-refractivity contribution in [2.45, 2.75) is 0 Å². The molecule has 0 unspecified atom stereocenters. The van der Waals surface area contributed by atoms with E-state index in [9.17, 15) is 0 Å². The van der Waals surface area contributed by atoms with E-state index in [0.29, 0.717) is 17.5 Å². The zero-order valence-corrected chi connectivity index (χ0v) is 33.0. The number of rotatable bonds is 6. The van der Waals surface area contributed by atoms with Crippen LogP contribution in [0.1, 0.15) is 0 Å². The van der Waals surface area contributed by atoms with E-state index < -0.39 is 0 Å². The van der Waals surface area contributed by atoms with Gasteiger partial charge in [0.15, 0.2) is 17.5 Å². The summed E-state index contributed by atoms with van der Waals surface area (Å²) >= 11 is 1.80. The molecule has 4 aromatic heterocycles. The van der Waals surface area contributed by atoms with Crippen molar-refractivity contribution >= 4 is 64.2 Å². The summed E-state index contributed by atoms with van der Waals surface area (Å²) in [5, 5.41) is 6.09. The minimum Gasteiger partial charge on any atom is -0.309 e. The average molecular weight is 784 g/mol. The van der Waals surface area contributed by atoms with Crippen LogP contribution in [0.5, 0.6) is 0 Å². The first-order valence-electron chi connectivity index (χ1n) is 20.1. The second-order valence-electron chi connectivity index (χ2n) is 15.0. The molecule has 0 fully saturated rings. The van der Waals surface area contributed by atoms with E-state index in [2.05, 4.69) is 187 Å². The minimum absolute atomic E-state index is 0.600. The van der Waals surface area contributed by atoms with E-state index in [1.165, 1.54) is 42.8 Å². The summed E-state index contributed by atoms with van der Waals surface area (Å²) in [6.45, 7) is 0. The van der Waals surface area contributed by atoms with Gasteiger partial charge in [-0.25, -0.2) is 19.9 Å². The highest BCUT2D eigenvalue weighted by Crippen LogP contribution is 2.46. The Hall–Kier alpha value is -7.80.